The molecule has 7 heavy (non-hydrogen) atoms. The van der Waals surface area contributed by atoms with Gasteiger partial charge in [0.15, 0.2) is 0 Å². The first-order valence-electron chi connectivity index (χ1n) is 0.651. The van der Waals surface area contributed by atoms with Crippen LogP contribution in [0.1, 0.15) is 0 Å². The van der Waals surface area contributed by atoms with Gasteiger partial charge in [0, 0.05) is 0 Å². The molecule has 0 aromatic heterocycles. The highest BCUT2D eigenvalue weighted by atomic mass is 32.2. The van der Waals surface area contributed by atoms with Crippen LogP contribution in [0.2, 0.25) is 0 Å². The fraction of sp³-hybridized carbons (Fsp3) is 0. The van der Waals surface area contributed by atoms with Crippen molar-refractivity contribution in [2.75, 3.05) is 0 Å². The van der Waals surface area contributed by atoms with Gasteiger partial charge in [-0.2, -0.15) is 29.7 Å². The summed E-state index contributed by atoms with van der Waals surface area (Å²) < 4.78 is 0.389. The quantitative estimate of drug-likeness (QED) is 0.347. The van der Waals surface area contributed by atoms with Crippen LogP contribution < -0.4 is 0 Å². The molecule has 0 aliphatic heterocycles. The Morgan fingerprint density at radius 1 is 1.00 bits per heavy atom. The average Bonchev–Trinajstić information content (AvgIpc) is 0.811. The summed E-state index contributed by atoms with van der Waals surface area (Å²) in [4.78, 5) is 0. The lowest BCUT2D eigenvalue weighted by atomic mass is 11.9. The van der Waals surface area contributed by atoms with Crippen LogP contribution in [-0.4, -0.2) is 3.53 Å². The maximum atomic E-state index is 4.27. The molecule has 0 nitrogen and oxygen atoms in total. The predicted octanol–water partition coefficient (Wildman–Crippen LogP) is 1.31. The number of rotatable bonds is 0. The molecule has 0 aromatic carbocycles. The van der Waals surface area contributed by atoms with Gasteiger partial charge in [0.2, 0.25) is 0 Å². The smallest absolute Gasteiger partial charge is 0.0976 e. The summed E-state index contributed by atoms with van der Waals surface area (Å²) in [6, 6.07) is 0. The minimum Gasteiger partial charge on any atom is -0.153 e. The number of thiocarbonyl (C=S) groups is 1. The molecule has 0 saturated carbocycles. The largest absolute Gasteiger partial charge is 0.153 e. The van der Waals surface area contributed by atoms with Gasteiger partial charge in [-0.25, -0.2) is 0 Å². The summed E-state index contributed by atoms with van der Waals surface area (Å²) in [6.07, 6.45) is 0. The van der Waals surface area contributed by atoms with E-state index < -0.39 is 0 Å². The molecule has 0 fully saturated rings. The summed E-state index contributed by atoms with van der Waals surface area (Å²) in [6.45, 7) is 0. The Balaban J connectivity index is -0.0000000150. The molecule has 6 heteroatoms. The molecule has 0 aliphatic carbocycles. The van der Waals surface area contributed by atoms with Crippen LogP contribution in [-0.2, 0) is 0 Å². The van der Waals surface area contributed by atoms with Crippen molar-refractivity contribution in [1.82, 2.24) is 0 Å². The third kappa shape index (κ3) is 69.0. The van der Waals surface area contributed by atoms with Crippen LogP contribution in [0.25, 0.3) is 0 Å². The average molecular weight is 212 g/mol. The fourth-order valence-corrected chi connectivity index (χ4v) is 0. The van der Waals surface area contributed by atoms with E-state index in [0.717, 1.165) is 0 Å². The maximum absolute atomic E-state index is 4.27. The van der Waals surface area contributed by atoms with Gasteiger partial charge in [0.25, 0.3) is 0 Å². The Kier molecular flexibility index (Phi) is 51.5. The Bertz CT molecular complexity index is 33.2. The zero-order valence-corrected chi connectivity index (χ0v) is 10.8. The van der Waals surface area contributed by atoms with Crippen LogP contribution in [0, 0.1) is 0 Å². The number of hydrogen-bond donors (Lipinski definition) is 2. The van der Waals surface area contributed by atoms with Gasteiger partial charge in [0.05, 0.1) is 3.53 Å². The molecule has 0 spiro atoms. The van der Waals surface area contributed by atoms with Crippen LogP contribution >= 0.6 is 67.2 Å². The monoisotopic (exact) mass is 212 g/mol. The highest BCUT2D eigenvalue weighted by molar-refractivity contribution is 8.34. The zero-order chi connectivity index (χ0) is 3.58. The van der Waals surface area contributed by atoms with Gasteiger partial charge in [-0.1, -0.05) is 12.2 Å². The highest BCUT2D eigenvalue weighted by Crippen LogP contribution is 1.83. The molecule has 0 rings (SSSR count). The minimum absolute atomic E-state index is 0. The second-order valence-corrected chi connectivity index (χ2v) is 2.54. The number of thiol groups is 2. The van der Waals surface area contributed by atoms with Crippen molar-refractivity contribution >= 4 is 70.7 Å². The zero-order valence-electron chi connectivity index (χ0n) is 3.92. The molecule has 0 amide bonds. The van der Waals surface area contributed by atoms with Gasteiger partial charge >= 0.3 is 0 Å². The SMILES string of the molecule is P.P.P.S=C(S)S. The molecule has 0 bridgehead atoms. The summed E-state index contributed by atoms with van der Waals surface area (Å²) in [7, 11) is 0. The van der Waals surface area contributed by atoms with E-state index in [1.165, 1.54) is 0 Å². The summed E-state index contributed by atoms with van der Waals surface area (Å²) in [5.41, 5.74) is 0. The lowest BCUT2D eigenvalue weighted by Gasteiger charge is -1.59. The molecular weight excluding hydrogens is 201 g/mol. The van der Waals surface area contributed by atoms with Gasteiger partial charge < -0.3 is 0 Å². The Morgan fingerprint density at radius 3 is 1.00 bits per heavy atom. The lowest BCUT2D eigenvalue weighted by molar-refractivity contribution is 4.26. The van der Waals surface area contributed by atoms with Crippen molar-refractivity contribution in [2.45, 2.75) is 0 Å². The van der Waals surface area contributed by atoms with Gasteiger partial charge in [0.1, 0.15) is 0 Å². The molecular formula is CH11P3S3. The van der Waals surface area contributed by atoms with Crippen molar-refractivity contribution in [3.8, 4) is 0 Å². The standard InChI is InChI=1S/CH2S3.3H3P/c2-1(3)4;;;/h(H2,2,3,4);3*1H3. The molecule has 0 aromatic rings. The van der Waals surface area contributed by atoms with Crippen LogP contribution in [0.3, 0.4) is 0 Å². The van der Waals surface area contributed by atoms with Crippen LogP contribution in [0.15, 0.2) is 0 Å². The molecule has 48 valence electrons. The molecule has 0 N–H and O–H groups in total. The van der Waals surface area contributed by atoms with E-state index in [2.05, 4.69) is 37.5 Å². The molecule has 0 aliphatic rings. The lowest BCUT2D eigenvalue weighted by Crippen LogP contribution is -1.46. The molecule has 0 saturated heterocycles. The minimum atomic E-state index is 0. The van der Waals surface area contributed by atoms with E-state index in [-0.39, 0.29) is 29.7 Å². The highest BCUT2D eigenvalue weighted by Gasteiger charge is 1.58. The predicted molar refractivity (Wildman–Crippen MR) is 63.9 cm³/mol. The number of hydrogen-bond acceptors (Lipinski definition) is 1. The normalized spacial score (nSPS) is 3.71. The van der Waals surface area contributed by atoms with E-state index in [1.807, 2.05) is 0 Å². The first-order valence-corrected chi connectivity index (χ1v) is 1.95. The second kappa shape index (κ2) is 15.7. The van der Waals surface area contributed by atoms with Crippen LogP contribution in [0.4, 0.5) is 0 Å². The van der Waals surface area contributed by atoms with Crippen molar-refractivity contribution in [2.24, 2.45) is 0 Å². The van der Waals surface area contributed by atoms with Crippen molar-refractivity contribution in [3.05, 3.63) is 0 Å². The molecule has 3 atom stereocenters. The van der Waals surface area contributed by atoms with Crippen molar-refractivity contribution in [1.29, 1.82) is 0 Å². The van der Waals surface area contributed by atoms with E-state index in [9.17, 15) is 0 Å². The van der Waals surface area contributed by atoms with E-state index in [1.54, 1.807) is 0 Å². The van der Waals surface area contributed by atoms with E-state index >= 15 is 0 Å². The van der Waals surface area contributed by atoms with Crippen LogP contribution in [0.5, 0.6) is 0 Å². The molecule has 3 unspecified atom stereocenters. The van der Waals surface area contributed by atoms with Crippen molar-refractivity contribution < 1.29 is 0 Å². The third-order valence-corrected chi connectivity index (χ3v) is 0. The van der Waals surface area contributed by atoms with Gasteiger partial charge in [-0.05, 0) is 0 Å². The van der Waals surface area contributed by atoms with Gasteiger partial charge in [-0.15, -0.1) is 25.3 Å². The topological polar surface area (TPSA) is 0 Å². The molecule has 0 heterocycles. The Labute approximate surface area is 70.7 Å². The Hall–Kier alpha value is 2.08. The van der Waals surface area contributed by atoms with E-state index in [0.29, 0.717) is 3.53 Å². The Morgan fingerprint density at radius 2 is 1.00 bits per heavy atom. The first-order chi connectivity index (χ1) is 1.73. The maximum Gasteiger partial charge on any atom is 0.0976 e. The fourth-order valence-electron chi connectivity index (χ4n) is 0. The third-order valence-electron chi connectivity index (χ3n) is 0. The summed E-state index contributed by atoms with van der Waals surface area (Å²) in [5.74, 6) is 0. The molecule has 0 radical (unpaired) electrons. The summed E-state index contributed by atoms with van der Waals surface area (Å²) in [5, 5.41) is 0. The second-order valence-electron chi connectivity index (χ2n) is 0.283. The van der Waals surface area contributed by atoms with Gasteiger partial charge in [-0.3, -0.25) is 0 Å². The summed E-state index contributed by atoms with van der Waals surface area (Å²) >= 11 is 11.4. The first kappa shape index (κ1) is 23.0. The van der Waals surface area contributed by atoms with E-state index in [4.69, 9.17) is 0 Å². The van der Waals surface area contributed by atoms with Crippen molar-refractivity contribution in [3.63, 3.8) is 0 Å².